The average Bonchev–Trinajstić information content (AvgIpc) is 1.80. The van der Waals surface area contributed by atoms with Gasteiger partial charge in [-0.1, -0.05) is 3.89 Å². The molecule has 0 amide bonds. The summed E-state index contributed by atoms with van der Waals surface area (Å²) in [7, 11) is -6.39. The van der Waals surface area contributed by atoms with E-state index in [1.165, 1.54) is 0 Å². The van der Waals surface area contributed by atoms with Gasteiger partial charge in [0.2, 0.25) is 0 Å². The Morgan fingerprint density at radius 1 is 1.21 bits per heavy atom. The number of carbonyl (C=O) groups is 1. The van der Waals surface area contributed by atoms with E-state index in [2.05, 4.69) is 0 Å². The van der Waals surface area contributed by atoms with Crippen molar-refractivity contribution in [1.29, 1.82) is 0 Å². The van der Waals surface area contributed by atoms with Crippen molar-refractivity contribution in [2.45, 2.75) is 12.0 Å². The zero-order chi connectivity index (χ0) is 11.8. The van der Waals surface area contributed by atoms with Crippen molar-refractivity contribution in [3.05, 3.63) is 0 Å². The summed E-state index contributed by atoms with van der Waals surface area (Å²) in [6.45, 7) is 0. The second-order valence-electron chi connectivity index (χ2n) is 1.87. The Balaban J connectivity index is 5.06. The number of halogens is 5. The molecule has 5 nitrogen and oxygen atoms in total. The predicted molar refractivity (Wildman–Crippen MR) is 28.6 cm³/mol. The summed E-state index contributed by atoms with van der Waals surface area (Å²) in [6, 6.07) is 0. The van der Waals surface area contributed by atoms with Crippen LogP contribution in [0.2, 0.25) is 0 Å². The van der Waals surface area contributed by atoms with Gasteiger partial charge in [0.05, 0.1) is 0 Å². The van der Waals surface area contributed by atoms with Gasteiger partial charge in [-0.3, -0.25) is 0 Å². The van der Waals surface area contributed by atoms with Crippen LogP contribution in [-0.4, -0.2) is 31.5 Å². The molecule has 0 aliphatic rings. The van der Waals surface area contributed by atoms with E-state index < -0.39 is 28.5 Å². The summed E-state index contributed by atoms with van der Waals surface area (Å²) in [5, 5.41) is 7.55. The first-order valence-electron chi connectivity index (χ1n) is 2.54. The maximum atomic E-state index is 12.0. The van der Waals surface area contributed by atoms with Crippen LogP contribution in [0.4, 0.5) is 21.4 Å². The number of hydrogen-bond donors (Lipinski definition) is 1. The molecule has 0 heterocycles. The number of aliphatic carboxylic acids is 1. The fourth-order valence-electron chi connectivity index (χ4n) is 0.302. The van der Waals surface area contributed by atoms with E-state index >= 15 is 0 Å². The largest absolute Gasteiger partial charge is 0.477 e. The third-order valence-electron chi connectivity index (χ3n) is 0.838. The molecule has 0 aromatic carbocycles. The maximum absolute atomic E-state index is 12.0. The van der Waals surface area contributed by atoms with Gasteiger partial charge in [-0.2, -0.15) is 30.2 Å². The highest BCUT2D eigenvalue weighted by atomic mass is 32.3. The number of alkyl halides is 4. The lowest BCUT2D eigenvalue weighted by molar-refractivity contribution is -0.301. The molecule has 0 aromatic rings. The van der Waals surface area contributed by atoms with Crippen LogP contribution in [0.5, 0.6) is 0 Å². The quantitative estimate of drug-likeness (QED) is 0.576. The predicted octanol–water partition coefficient (Wildman–Crippen LogP) is 0.530. The van der Waals surface area contributed by atoms with E-state index in [1.54, 1.807) is 0 Å². The summed E-state index contributed by atoms with van der Waals surface area (Å²) in [5.74, 6) is -9.21. The van der Waals surface area contributed by atoms with Gasteiger partial charge >= 0.3 is 28.5 Å². The van der Waals surface area contributed by atoms with Crippen molar-refractivity contribution < 1.29 is 43.9 Å². The van der Waals surface area contributed by atoms with Gasteiger partial charge < -0.3 is 5.11 Å². The van der Waals surface area contributed by atoms with Crippen LogP contribution in [0, 0.1) is 0 Å². The van der Waals surface area contributed by atoms with Gasteiger partial charge in [0, 0.05) is 0 Å². The molecule has 0 aliphatic carbocycles. The number of rotatable bonds is 4. The van der Waals surface area contributed by atoms with Crippen molar-refractivity contribution in [3.8, 4) is 0 Å². The fourth-order valence-corrected chi connectivity index (χ4v) is 0.657. The van der Waals surface area contributed by atoms with Crippen LogP contribution in [-0.2, 0) is 19.5 Å². The Bertz CT molecular complexity index is 333. The molecular formula is C3HF5O5S. The van der Waals surface area contributed by atoms with E-state index in [4.69, 9.17) is 5.11 Å². The van der Waals surface area contributed by atoms with E-state index in [1.807, 2.05) is 4.18 Å². The molecule has 0 aromatic heterocycles. The van der Waals surface area contributed by atoms with E-state index in [9.17, 15) is 34.7 Å². The zero-order valence-electron chi connectivity index (χ0n) is 5.88. The number of hydrogen-bond acceptors (Lipinski definition) is 4. The second kappa shape index (κ2) is 3.31. The Labute approximate surface area is 73.5 Å². The highest BCUT2D eigenvalue weighted by Gasteiger charge is 2.66. The Morgan fingerprint density at radius 2 is 1.57 bits per heavy atom. The van der Waals surface area contributed by atoms with Gasteiger partial charge in [-0.05, 0) is 0 Å². The van der Waals surface area contributed by atoms with Gasteiger partial charge in [0.1, 0.15) is 0 Å². The van der Waals surface area contributed by atoms with Crippen LogP contribution >= 0.6 is 0 Å². The summed E-state index contributed by atoms with van der Waals surface area (Å²) >= 11 is 0. The van der Waals surface area contributed by atoms with Gasteiger partial charge in [-0.25, -0.2) is 4.79 Å². The van der Waals surface area contributed by atoms with E-state index in [-0.39, 0.29) is 0 Å². The molecule has 14 heavy (non-hydrogen) atoms. The van der Waals surface area contributed by atoms with Crippen LogP contribution in [0.3, 0.4) is 0 Å². The van der Waals surface area contributed by atoms with Gasteiger partial charge in [0.15, 0.2) is 0 Å². The molecule has 0 aliphatic heterocycles. The molecule has 84 valence electrons. The monoisotopic (exact) mass is 244 g/mol. The summed E-state index contributed by atoms with van der Waals surface area (Å²) in [4.78, 5) is 9.53. The molecule has 0 radical (unpaired) electrons. The summed E-state index contributed by atoms with van der Waals surface area (Å²) in [5.41, 5.74) is 0. The highest BCUT2D eigenvalue weighted by Crippen LogP contribution is 2.36. The second-order valence-corrected chi connectivity index (χ2v) is 2.83. The van der Waals surface area contributed by atoms with Crippen LogP contribution in [0.1, 0.15) is 0 Å². The SMILES string of the molecule is O=C(O)C(F)(F)C(F)(F)OS(=O)(=O)F. The van der Waals surface area contributed by atoms with Crippen molar-refractivity contribution >= 4 is 16.5 Å². The molecule has 0 fully saturated rings. The molecule has 0 unspecified atom stereocenters. The third kappa shape index (κ3) is 2.77. The molecule has 0 atom stereocenters. The van der Waals surface area contributed by atoms with Crippen LogP contribution in [0.25, 0.3) is 0 Å². The molecule has 0 saturated heterocycles. The minimum Gasteiger partial charge on any atom is -0.477 e. The Kier molecular flexibility index (Phi) is 3.08. The van der Waals surface area contributed by atoms with Gasteiger partial charge in [0.25, 0.3) is 0 Å². The molecular weight excluding hydrogens is 243 g/mol. The minimum absolute atomic E-state index is 1.99. The topological polar surface area (TPSA) is 80.7 Å². The highest BCUT2D eigenvalue weighted by molar-refractivity contribution is 7.81. The van der Waals surface area contributed by atoms with Crippen LogP contribution in [0.15, 0.2) is 0 Å². The molecule has 0 saturated carbocycles. The van der Waals surface area contributed by atoms with Crippen LogP contribution < -0.4 is 0 Å². The lowest BCUT2D eigenvalue weighted by Gasteiger charge is -2.19. The Morgan fingerprint density at radius 3 is 1.79 bits per heavy atom. The molecule has 0 spiro atoms. The first-order valence-corrected chi connectivity index (χ1v) is 3.85. The number of carboxylic acids is 1. The zero-order valence-corrected chi connectivity index (χ0v) is 6.69. The molecule has 11 heteroatoms. The van der Waals surface area contributed by atoms with Gasteiger partial charge in [-0.15, -0.1) is 0 Å². The number of carboxylic acid groups (broad SMARTS) is 1. The minimum atomic E-state index is -6.39. The summed E-state index contributed by atoms with van der Waals surface area (Å²) < 4.78 is 80.1. The lowest BCUT2D eigenvalue weighted by Crippen LogP contribution is -2.49. The standard InChI is InChI=1S/C3HF5O5S/c4-2(5,1(9)10)3(6,7)13-14(8,11)12/h(H,9,10). The molecule has 0 bridgehead atoms. The molecule has 0 rings (SSSR count). The first kappa shape index (κ1) is 13.0. The normalized spacial score (nSPS) is 14.1. The third-order valence-corrected chi connectivity index (χ3v) is 1.25. The van der Waals surface area contributed by atoms with E-state index in [0.717, 1.165) is 0 Å². The molecule has 1 N–H and O–H groups in total. The van der Waals surface area contributed by atoms with Crippen molar-refractivity contribution in [1.82, 2.24) is 0 Å². The average molecular weight is 244 g/mol. The smallest absolute Gasteiger partial charge is 0.446 e. The maximum Gasteiger partial charge on any atom is 0.446 e. The van der Waals surface area contributed by atoms with E-state index in [0.29, 0.717) is 0 Å². The van der Waals surface area contributed by atoms with Crippen molar-refractivity contribution in [3.63, 3.8) is 0 Å². The summed E-state index contributed by atoms with van der Waals surface area (Å²) in [6.07, 6.45) is -5.99. The Hall–Kier alpha value is -0.970. The van der Waals surface area contributed by atoms with Crippen molar-refractivity contribution in [2.24, 2.45) is 0 Å². The lowest BCUT2D eigenvalue weighted by atomic mass is 10.3. The first-order chi connectivity index (χ1) is 5.90. The fraction of sp³-hybridized carbons (Fsp3) is 0.667. The van der Waals surface area contributed by atoms with Crippen molar-refractivity contribution in [2.75, 3.05) is 0 Å².